The van der Waals surface area contributed by atoms with Crippen LogP contribution in [-0.2, 0) is 19.1 Å². The average molecular weight is 501 g/mol. The third-order valence-electron chi connectivity index (χ3n) is 9.22. The Balaban J connectivity index is 1.87. The lowest BCUT2D eigenvalue weighted by Crippen LogP contribution is -2.70. The van der Waals surface area contributed by atoms with E-state index in [1.54, 1.807) is 20.8 Å². The fourth-order valence-electron chi connectivity index (χ4n) is 7.63. The minimum Gasteiger partial charge on any atom is -0.449 e. The van der Waals surface area contributed by atoms with Crippen molar-refractivity contribution in [1.82, 2.24) is 0 Å². The van der Waals surface area contributed by atoms with Crippen molar-refractivity contribution in [3.05, 3.63) is 23.8 Å². The molecule has 1 N–H and O–H groups in total. The van der Waals surface area contributed by atoms with Gasteiger partial charge in [-0.25, -0.2) is 13.2 Å². The number of hydrogen-bond acceptors (Lipinski definition) is 6. The molecular formula is C25H31F3O5S. The molecule has 34 heavy (non-hydrogen) atoms. The minimum absolute atomic E-state index is 0.0141. The maximum Gasteiger partial charge on any atom is 0.306 e. The Labute approximate surface area is 201 Å². The van der Waals surface area contributed by atoms with E-state index in [1.807, 2.05) is 0 Å². The van der Waals surface area contributed by atoms with Crippen molar-refractivity contribution in [3.63, 3.8) is 0 Å². The van der Waals surface area contributed by atoms with Crippen LogP contribution in [0.15, 0.2) is 23.8 Å². The van der Waals surface area contributed by atoms with Gasteiger partial charge in [0.15, 0.2) is 17.1 Å². The molecule has 0 radical (unpaired) electrons. The van der Waals surface area contributed by atoms with Crippen LogP contribution in [0.2, 0.25) is 0 Å². The standard InChI is InChI=1S/C25H31F3O5S/c1-5-20(31)33-25(21(32)34-12-26)13(2)8-15-16-10-18(27)17-9-14(29)6-7-22(17,3)24(16,28)19(30)11-23(15,25)4/h6-7,9,13,15-16,18-19,30H,5,8,10-12H2,1-4H3/t13-,15+,16+,18+,19+,22+,23+,24+,25?/m1/s1. The summed E-state index contributed by atoms with van der Waals surface area (Å²) in [5.41, 5.74) is -6.84. The van der Waals surface area contributed by atoms with E-state index < -0.39 is 75.0 Å². The van der Waals surface area contributed by atoms with Gasteiger partial charge in [0.1, 0.15) is 12.2 Å². The van der Waals surface area contributed by atoms with Crippen molar-refractivity contribution in [3.8, 4) is 0 Å². The van der Waals surface area contributed by atoms with Gasteiger partial charge in [0, 0.05) is 29.1 Å². The molecule has 0 spiro atoms. The van der Waals surface area contributed by atoms with Gasteiger partial charge in [-0.15, -0.1) is 0 Å². The van der Waals surface area contributed by atoms with Gasteiger partial charge in [-0.2, -0.15) is 0 Å². The Bertz CT molecular complexity index is 984. The zero-order valence-corrected chi connectivity index (χ0v) is 20.6. The van der Waals surface area contributed by atoms with Crippen LogP contribution in [0, 0.1) is 28.6 Å². The number of ketones is 1. The molecule has 4 aliphatic carbocycles. The lowest BCUT2D eigenvalue weighted by Gasteiger charge is -2.63. The number of carbonyl (C=O) groups excluding carboxylic acids is 3. The van der Waals surface area contributed by atoms with Crippen molar-refractivity contribution in [2.24, 2.45) is 28.6 Å². The van der Waals surface area contributed by atoms with Gasteiger partial charge in [0.2, 0.25) is 5.12 Å². The Morgan fingerprint density at radius 3 is 2.56 bits per heavy atom. The van der Waals surface area contributed by atoms with Gasteiger partial charge in [-0.1, -0.05) is 26.8 Å². The predicted octanol–water partition coefficient (Wildman–Crippen LogP) is 4.43. The molecular weight excluding hydrogens is 469 g/mol. The third-order valence-corrected chi connectivity index (χ3v) is 9.90. The van der Waals surface area contributed by atoms with E-state index in [4.69, 9.17) is 4.74 Å². The highest BCUT2D eigenvalue weighted by Gasteiger charge is 2.78. The average Bonchev–Trinajstić information content (AvgIpc) is 2.99. The largest absolute Gasteiger partial charge is 0.449 e. The van der Waals surface area contributed by atoms with E-state index in [9.17, 15) is 23.9 Å². The van der Waals surface area contributed by atoms with E-state index in [0.29, 0.717) is 11.8 Å². The maximum atomic E-state index is 17.2. The van der Waals surface area contributed by atoms with Crippen LogP contribution >= 0.6 is 11.8 Å². The molecule has 0 bridgehead atoms. The van der Waals surface area contributed by atoms with Crippen molar-refractivity contribution in [2.45, 2.75) is 76.9 Å². The summed E-state index contributed by atoms with van der Waals surface area (Å²) in [6, 6.07) is -1.02. The Kier molecular flexibility index (Phi) is 6.16. The monoisotopic (exact) mass is 500 g/mol. The second-order valence-corrected chi connectivity index (χ2v) is 11.5. The molecule has 4 aliphatic rings. The predicted molar refractivity (Wildman–Crippen MR) is 121 cm³/mol. The number of ether oxygens (including phenoxy) is 1. The van der Waals surface area contributed by atoms with E-state index in [0.717, 1.165) is 6.08 Å². The van der Waals surface area contributed by atoms with Crippen molar-refractivity contribution >= 4 is 28.6 Å². The summed E-state index contributed by atoms with van der Waals surface area (Å²) < 4.78 is 51.8. The molecule has 9 atom stereocenters. The van der Waals surface area contributed by atoms with Crippen LogP contribution in [0.4, 0.5) is 13.2 Å². The molecule has 0 aromatic carbocycles. The van der Waals surface area contributed by atoms with Crippen LogP contribution < -0.4 is 0 Å². The summed E-state index contributed by atoms with van der Waals surface area (Å²) in [5.74, 6) is -3.30. The highest BCUT2D eigenvalue weighted by atomic mass is 32.2. The summed E-state index contributed by atoms with van der Waals surface area (Å²) in [5, 5.41) is 10.7. The molecule has 188 valence electrons. The van der Waals surface area contributed by atoms with Crippen molar-refractivity contribution < 1.29 is 37.4 Å². The van der Waals surface area contributed by atoms with Crippen LogP contribution in [0.5, 0.6) is 0 Å². The molecule has 0 aromatic heterocycles. The minimum atomic E-state index is -2.30. The first kappa shape index (κ1) is 25.5. The Morgan fingerprint density at radius 1 is 1.26 bits per heavy atom. The summed E-state index contributed by atoms with van der Waals surface area (Å²) >= 11 is 0.396. The van der Waals surface area contributed by atoms with Crippen LogP contribution in [0.25, 0.3) is 0 Å². The van der Waals surface area contributed by atoms with Gasteiger partial charge in [-0.05, 0) is 61.6 Å². The number of hydrogen-bond donors (Lipinski definition) is 1. The molecule has 0 aromatic rings. The molecule has 0 amide bonds. The number of aliphatic hydroxyl groups excluding tert-OH is 1. The zero-order chi connectivity index (χ0) is 25.3. The Hall–Kier alpha value is -1.61. The van der Waals surface area contributed by atoms with E-state index in [1.165, 1.54) is 19.1 Å². The number of rotatable bonds is 4. The summed E-state index contributed by atoms with van der Waals surface area (Å²) in [4.78, 5) is 37.8. The van der Waals surface area contributed by atoms with E-state index in [2.05, 4.69) is 0 Å². The van der Waals surface area contributed by atoms with Gasteiger partial charge in [-0.3, -0.25) is 14.4 Å². The summed E-state index contributed by atoms with van der Waals surface area (Å²) in [6.07, 6.45) is 0.160. The molecule has 3 saturated carbocycles. The lowest BCUT2D eigenvalue weighted by molar-refractivity contribution is -0.228. The van der Waals surface area contributed by atoms with Gasteiger partial charge in [0.05, 0.1) is 6.10 Å². The molecule has 1 unspecified atom stereocenters. The molecule has 4 rings (SSSR count). The van der Waals surface area contributed by atoms with Gasteiger partial charge >= 0.3 is 5.97 Å². The quantitative estimate of drug-likeness (QED) is 0.576. The zero-order valence-electron chi connectivity index (χ0n) is 19.8. The van der Waals surface area contributed by atoms with E-state index in [-0.39, 0.29) is 31.3 Å². The smallest absolute Gasteiger partial charge is 0.306 e. The molecule has 0 saturated heterocycles. The summed E-state index contributed by atoms with van der Waals surface area (Å²) in [6.45, 7) is 6.45. The van der Waals surface area contributed by atoms with Crippen LogP contribution in [0.3, 0.4) is 0 Å². The lowest BCUT2D eigenvalue weighted by atomic mass is 9.44. The number of thioether (sulfide) groups is 1. The normalized spacial score (nSPS) is 47.4. The number of allylic oxidation sites excluding steroid dienone is 4. The first-order valence-corrected chi connectivity index (χ1v) is 12.7. The number of fused-ring (bicyclic) bond motifs is 5. The SMILES string of the molecule is CCC(=O)OC1(C(=O)SCF)[C@H](C)C[C@H]2[C@@H]3C[C@H](F)C4=CC(=O)C=C[C@]4(C)[C@@]3(F)[C@@H](O)C[C@@]21C. The first-order chi connectivity index (χ1) is 15.8. The number of aliphatic hydroxyl groups is 1. The van der Waals surface area contributed by atoms with Gasteiger partial charge < -0.3 is 9.84 Å². The first-order valence-electron chi connectivity index (χ1n) is 11.7. The van der Waals surface area contributed by atoms with Crippen LogP contribution in [0.1, 0.15) is 53.4 Å². The summed E-state index contributed by atoms with van der Waals surface area (Å²) in [7, 11) is 0. The van der Waals surface area contributed by atoms with E-state index >= 15 is 8.78 Å². The topological polar surface area (TPSA) is 80.7 Å². The number of halogens is 3. The van der Waals surface area contributed by atoms with Crippen molar-refractivity contribution in [1.29, 1.82) is 0 Å². The highest BCUT2D eigenvalue weighted by molar-refractivity contribution is 8.13. The number of esters is 1. The molecule has 5 nitrogen and oxygen atoms in total. The molecule has 0 heterocycles. The van der Waals surface area contributed by atoms with Gasteiger partial charge in [0.25, 0.3) is 0 Å². The fourth-order valence-corrected chi connectivity index (χ4v) is 8.42. The van der Waals surface area contributed by atoms with Crippen LogP contribution in [-0.4, -0.2) is 51.5 Å². The van der Waals surface area contributed by atoms with Crippen molar-refractivity contribution in [2.75, 3.05) is 6.01 Å². The molecule has 3 fully saturated rings. The molecule has 0 aliphatic heterocycles. The Morgan fingerprint density at radius 2 is 1.94 bits per heavy atom. The number of alkyl halides is 3. The second kappa shape index (κ2) is 8.22. The number of carbonyl (C=O) groups is 3. The molecule has 9 heteroatoms. The maximum absolute atomic E-state index is 17.2. The highest BCUT2D eigenvalue weighted by Crippen LogP contribution is 2.72. The third kappa shape index (κ3) is 3.01. The fraction of sp³-hybridized carbons (Fsp3) is 0.720. The second-order valence-electron chi connectivity index (χ2n) is 10.6.